The molecule has 1 aromatic heterocycles. The van der Waals surface area contributed by atoms with Crippen LogP contribution in [0.5, 0.6) is 5.75 Å². The molecule has 0 bridgehead atoms. The largest absolute Gasteiger partial charge is 0.489 e. The molecule has 0 saturated heterocycles. The van der Waals surface area contributed by atoms with E-state index in [2.05, 4.69) is 11.9 Å². The number of anilines is 1. The standard InChI is InChI=1S/C22H18FNO2S/c1-2-11-26-19-10-6-4-8-15(19)16-12-20(25)24-21-17(13-27-22(16)21)14-7-3-5-9-18(14)23/h2-10,13,16H,1,11-12H2,(H,24,25). The van der Waals surface area contributed by atoms with Gasteiger partial charge in [-0.2, -0.15) is 0 Å². The highest BCUT2D eigenvalue weighted by Gasteiger charge is 2.32. The van der Waals surface area contributed by atoms with Crippen LogP contribution < -0.4 is 10.1 Å². The van der Waals surface area contributed by atoms with Crippen molar-refractivity contribution in [3.8, 4) is 16.9 Å². The molecule has 136 valence electrons. The third-order valence-corrected chi connectivity index (χ3v) is 5.70. The van der Waals surface area contributed by atoms with Crippen LogP contribution in [0.25, 0.3) is 11.1 Å². The lowest BCUT2D eigenvalue weighted by molar-refractivity contribution is -0.116. The normalized spacial score (nSPS) is 15.7. The zero-order valence-corrected chi connectivity index (χ0v) is 15.4. The van der Waals surface area contributed by atoms with Gasteiger partial charge < -0.3 is 10.1 Å². The van der Waals surface area contributed by atoms with Gasteiger partial charge in [-0.1, -0.05) is 49.1 Å². The average molecular weight is 379 g/mol. The average Bonchev–Trinajstić information content (AvgIpc) is 3.10. The summed E-state index contributed by atoms with van der Waals surface area (Å²) in [6.45, 7) is 4.09. The first kappa shape index (κ1) is 17.5. The van der Waals surface area contributed by atoms with Crippen molar-refractivity contribution in [1.82, 2.24) is 0 Å². The lowest BCUT2D eigenvalue weighted by atomic mass is 9.88. The molecule has 1 amide bonds. The SMILES string of the molecule is C=CCOc1ccccc1C1CC(=O)Nc2c(-c3ccccc3F)csc21. The number of benzene rings is 2. The van der Waals surface area contributed by atoms with E-state index >= 15 is 0 Å². The summed E-state index contributed by atoms with van der Waals surface area (Å²) in [7, 11) is 0. The molecule has 0 radical (unpaired) electrons. The Morgan fingerprint density at radius 2 is 1.96 bits per heavy atom. The second-order valence-electron chi connectivity index (χ2n) is 6.31. The molecule has 3 nitrogen and oxygen atoms in total. The van der Waals surface area contributed by atoms with Crippen molar-refractivity contribution in [2.45, 2.75) is 12.3 Å². The van der Waals surface area contributed by atoms with E-state index in [1.54, 1.807) is 24.3 Å². The molecular formula is C22H18FNO2S. The maximum Gasteiger partial charge on any atom is 0.225 e. The molecule has 4 rings (SSSR count). The van der Waals surface area contributed by atoms with E-state index in [1.807, 2.05) is 29.6 Å². The van der Waals surface area contributed by atoms with Crippen LogP contribution >= 0.6 is 11.3 Å². The minimum Gasteiger partial charge on any atom is -0.489 e. The summed E-state index contributed by atoms with van der Waals surface area (Å²) in [5.74, 6) is 0.232. The van der Waals surface area contributed by atoms with E-state index in [-0.39, 0.29) is 17.6 Å². The van der Waals surface area contributed by atoms with Gasteiger partial charge in [-0.3, -0.25) is 4.79 Å². The number of hydrogen-bond donors (Lipinski definition) is 1. The number of nitrogens with one attached hydrogen (secondary N) is 1. The Morgan fingerprint density at radius 1 is 1.19 bits per heavy atom. The fourth-order valence-corrected chi connectivity index (χ4v) is 4.55. The Labute approximate surface area is 161 Å². The van der Waals surface area contributed by atoms with Crippen LogP contribution in [-0.2, 0) is 4.79 Å². The molecule has 3 aromatic rings. The summed E-state index contributed by atoms with van der Waals surface area (Å²) in [6.07, 6.45) is 2.02. The van der Waals surface area contributed by atoms with Crippen molar-refractivity contribution in [2.24, 2.45) is 0 Å². The minimum absolute atomic E-state index is 0.0815. The number of halogens is 1. The summed E-state index contributed by atoms with van der Waals surface area (Å²) in [5.41, 5.74) is 2.87. The van der Waals surface area contributed by atoms with Crippen LogP contribution in [0.1, 0.15) is 22.8 Å². The smallest absolute Gasteiger partial charge is 0.225 e. The number of hydrogen-bond acceptors (Lipinski definition) is 3. The van der Waals surface area contributed by atoms with Gasteiger partial charge in [-0.25, -0.2) is 4.39 Å². The first-order valence-electron chi connectivity index (χ1n) is 8.67. The predicted octanol–water partition coefficient (Wildman–Crippen LogP) is 5.59. The maximum atomic E-state index is 14.3. The highest BCUT2D eigenvalue weighted by molar-refractivity contribution is 7.11. The lowest BCUT2D eigenvalue weighted by Crippen LogP contribution is -2.23. The fourth-order valence-electron chi connectivity index (χ4n) is 3.40. The molecule has 0 saturated carbocycles. The Morgan fingerprint density at radius 3 is 2.78 bits per heavy atom. The molecule has 1 atom stereocenters. The van der Waals surface area contributed by atoms with Gasteiger partial charge in [0.15, 0.2) is 0 Å². The van der Waals surface area contributed by atoms with Gasteiger partial charge in [-0.15, -0.1) is 11.3 Å². The fraction of sp³-hybridized carbons (Fsp3) is 0.136. The molecule has 1 unspecified atom stereocenters. The number of rotatable bonds is 5. The highest BCUT2D eigenvalue weighted by atomic mass is 32.1. The summed E-state index contributed by atoms with van der Waals surface area (Å²) in [5, 5.41) is 4.86. The first-order chi connectivity index (χ1) is 13.2. The predicted molar refractivity (Wildman–Crippen MR) is 107 cm³/mol. The number of amides is 1. The molecule has 0 spiro atoms. The van der Waals surface area contributed by atoms with Crippen molar-refractivity contribution >= 4 is 22.9 Å². The quantitative estimate of drug-likeness (QED) is 0.587. The van der Waals surface area contributed by atoms with E-state index in [0.717, 1.165) is 21.8 Å². The van der Waals surface area contributed by atoms with Crippen LogP contribution in [0, 0.1) is 5.82 Å². The second-order valence-corrected chi connectivity index (χ2v) is 7.22. The van der Waals surface area contributed by atoms with Gasteiger partial charge in [0.2, 0.25) is 5.91 Å². The zero-order chi connectivity index (χ0) is 18.8. The van der Waals surface area contributed by atoms with Crippen molar-refractivity contribution in [3.63, 3.8) is 0 Å². The summed E-state index contributed by atoms with van der Waals surface area (Å²) in [4.78, 5) is 13.5. The van der Waals surface area contributed by atoms with Gasteiger partial charge in [0.1, 0.15) is 18.2 Å². The number of carbonyl (C=O) groups is 1. The van der Waals surface area contributed by atoms with E-state index in [4.69, 9.17) is 4.74 Å². The highest BCUT2D eigenvalue weighted by Crippen LogP contribution is 2.48. The third-order valence-electron chi connectivity index (χ3n) is 4.61. The van der Waals surface area contributed by atoms with E-state index in [1.165, 1.54) is 17.4 Å². The van der Waals surface area contributed by atoms with Gasteiger partial charge in [0.25, 0.3) is 0 Å². The van der Waals surface area contributed by atoms with Crippen LogP contribution in [0.15, 0.2) is 66.6 Å². The number of carbonyl (C=O) groups excluding carboxylic acids is 1. The molecule has 5 heteroatoms. The van der Waals surface area contributed by atoms with Crippen molar-refractivity contribution < 1.29 is 13.9 Å². The van der Waals surface area contributed by atoms with Crippen LogP contribution in [0.3, 0.4) is 0 Å². The summed E-state index contributed by atoms with van der Waals surface area (Å²) in [6, 6.07) is 14.3. The van der Waals surface area contributed by atoms with Gasteiger partial charge in [0, 0.05) is 39.3 Å². The maximum absolute atomic E-state index is 14.3. The molecule has 2 heterocycles. The van der Waals surface area contributed by atoms with Crippen LogP contribution in [-0.4, -0.2) is 12.5 Å². The molecule has 1 aliphatic heterocycles. The topological polar surface area (TPSA) is 38.3 Å². The molecule has 1 aliphatic rings. The Balaban J connectivity index is 1.81. The molecule has 0 aliphatic carbocycles. The van der Waals surface area contributed by atoms with Gasteiger partial charge in [-0.05, 0) is 12.1 Å². The number of ether oxygens (including phenoxy) is 1. The molecule has 27 heavy (non-hydrogen) atoms. The van der Waals surface area contributed by atoms with E-state index < -0.39 is 0 Å². The van der Waals surface area contributed by atoms with Crippen LogP contribution in [0.4, 0.5) is 10.1 Å². The van der Waals surface area contributed by atoms with Crippen molar-refractivity contribution in [2.75, 3.05) is 11.9 Å². The van der Waals surface area contributed by atoms with E-state index in [9.17, 15) is 9.18 Å². The van der Waals surface area contributed by atoms with E-state index in [0.29, 0.717) is 24.3 Å². The van der Waals surface area contributed by atoms with Crippen molar-refractivity contribution in [1.29, 1.82) is 0 Å². The van der Waals surface area contributed by atoms with Crippen LogP contribution in [0.2, 0.25) is 0 Å². The first-order valence-corrected chi connectivity index (χ1v) is 9.55. The molecule has 0 fully saturated rings. The lowest BCUT2D eigenvalue weighted by Gasteiger charge is -2.25. The van der Waals surface area contributed by atoms with Gasteiger partial charge in [0.05, 0.1) is 5.69 Å². The Kier molecular flexibility index (Phi) is 4.77. The number of thiophene rings is 1. The number of para-hydroxylation sites is 1. The monoisotopic (exact) mass is 379 g/mol. The Hall–Kier alpha value is -2.92. The minimum atomic E-state index is -0.302. The zero-order valence-electron chi connectivity index (χ0n) is 14.6. The molecular weight excluding hydrogens is 361 g/mol. The summed E-state index contributed by atoms with van der Waals surface area (Å²) < 4.78 is 20.1. The second kappa shape index (κ2) is 7.37. The van der Waals surface area contributed by atoms with Gasteiger partial charge >= 0.3 is 0 Å². The Bertz CT molecular complexity index is 1010. The third kappa shape index (κ3) is 3.26. The van der Waals surface area contributed by atoms with Crippen molar-refractivity contribution in [3.05, 3.63) is 82.8 Å². The summed E-state index contributed by atoms with van der Waals surface area (Å²) >= 11 is 1.54. The molecule has 1 N–H and O–H groups in total. The molecule has 2 aromatic carbocycles. The number of fused-ring (bicyclic) bond motifs is 1.